The van der Waals surface area contributed by atoms with Crippen LogP contribution in [0.15, 0.2) is 30.3 Å². The van der Waals surface area contributed by atoms with Crippen LogP contribution in [-0.2, 0) is 29.0 Å². The predicted octanol–water partition coefficient (Wildman–Crippen LogP) is 1.85. The molecule has 0 saturated carbocycles. The van der Waals surface area contributed by atoms with Gasteiger partial charge in [0.25, 0.3) is 5.91 Å². The predicted molar refractivity (Wildman–Crippen MR) is 93.8 cm³/mol. The number of aryl methyl sites for hydroxylation is 1. The van der Waals surface area contributed by atoms with Gasteiger partial charge < -0.3 is 9.64 Å². The van der Waals surface area contributed by atoms with Crippen LogP contribution in [-0.4, -0.2) is 45.5 Å². The van der Waals surface area contributed by atoms with Gasteiger partial charge in [0, 0.05) is 36.3 Å². The maximum Gasteiger partial charge on any atom is 0.359 e. The lowest BCUT2D eigenvalue weighted by Crippen LogP contribution is -2.40. The molecule has 0 N–H and O–H groups in total. The van der Waals surface area contributed by atoms with Crippen LogP contribution < -0.4 is 0 Å². The summed E-state index contributed by atoms with van der Waals surface area (Å²) in [5.74, 6) is -1.62. The molecule has 3 rings (SSSR count). The SMILES string of the molecule is CCOC(=O)c1nn(CC)c2c1CN(C(=O)C(=O)c1ccccc1)CC2. The lowest BCUT2D eigenvalue weighted by Gasteiger charge is -2.27. The Balaban J connectivity index is 1.86. The second kappa shape index (κ2) is 7.51. The largest absolute Gasteiger partial charge is 0.461 e. The van der Waals surface area contributed by atoms with Gasteiger partial charge in [0.05, 0.1) is 13.2 Å². The lowest BCUT2D eigenvalue weighted by atomic mass is 10.0. The molecule has 0 bridgehead atoms. The van der Waals surface area contributed by atoms with Crippen LogP contribution in [0.2, 0.25) is 0 Å². The molecule has 1 aliphatic heterocycles. The Kier molecular flexibility index (Phi) is 5.16. The van der Waals surface area contributed by atoms with Crippen molar-refractivity contribution in [3.8, 4) is 0 Å². The number of aromatic nitrogens is 2. The van der Waals surface area contributed by atoms with Crippen LogP contribution in [0.1, 0.15) is 46.0 Å². The number of carbonyl (C=O) groups excluding carboxylic acids is 3. The average molecular weight is 355 g/mol. The molecule has 1 aromatic heterocycles. The summed E-state index contributed by atoms with van der Waals surface area (Å²) in [7, 11) is 0. The number of fused-ring (bicyclic) bond motifs is 1. The maximum absolute atomic E-state index is 12.6. The standard InChI is InChI=1S/C19H21N3O4/c1-3-22-15-10-11-21(12-14(15)16(20-22)19(25)26-4-2)18(24)17(23)13-8-6-5-7-9-13/h5-9H,3-4,10-12H2,1-2H3. The molecular formula is C19H21N3O4. The van der Waals surface area contributed by atoms with Crippen LogP contribution in [0.25, 0.3) is 0 Å². The summed E-state index contributed by atoms with van der Waals surface area (Å²) in [5.41, 5.74) is 2.18. The third-order valence-corrected chi connectivity index (χ3v) is 4.42. The third kappa shape index (κ3) is 3.24. The molecule has 7 nitrogen and oxygen atoms in total. The fourth-order valence-electron chi connectivity index (χ4n) is 3.15. The van der Waals surface area contributed by atoms with E-state index >= 15 is 0 Å². The molecule has 0 radical (unpaired) electrons. The number of nitrogens with zero attached hydrogens (tertiary/aromatic N) is 3. The van der Waals surface area contributed by atoms with E-state index in [2.05, 4.69) is 5.10 Å². The molecule has 0 unspecified atom stereocenters. The third-order valence-electron chi connectivity index (χ3n) is 4.42. The van der Waals surface area contributed by atoms with Crippen molar-refractivity contribution in [1.82, 2.24) is 14.7 Å². The van der Waals surface area contributed by atoms with Crippen molar-refractivity contribution in [3.05, 3.63) is 52.8 Å². The number of hydrogen-bond acceptors (Lipinski definition) is 5. The average Bonchev–Trinajstić information content (AvgIpc) is 3.05. The minimum absolute atomic E-state index is 0.181. The second-order valence-electron chi connectivity index (χ2n) is 5.98. The Morgan fingerprint density at radius 1 is 1.15 bits per heavy atom. The summed E-state index contributed by atoms with van der Waals surface area (Å²) in [4.78, 5) is 38.7. The summed E-state index contributed by atoms with van der Waals surface area (Å²) in [6.07, 6.45) is 0.545. The number of ether oxygens (including phenoxy) is 1. The Morgan fingerprint density at radius 2 is 1.88 bits per heavy atom. The highest BCUT2D eigenvalue weighted by Gasteiger charge is 2.32. The molecule has 2 heterocycles. The number of rotatable bonds is 5. The number of ketones is 1. The molecule has 1 aromatic carbocycles. The van der Waals surface area contributed by atoms with Gasteiger partial charge in [-0.05, 0) is 13.8 Å². The summed E-state index contributed by atoms with van der Waals surface area (Å²) >= 11 is 0. The second-order valence-corrected chi connectivity index (χ2v) is 5.98. The van der Waals surface area contributed by atoms with Crippen molar-refractivity contribution in [2.45, 2.75) is 33.4 Å². The number of esters is 1. The zero-order chi connectivity index (χ0) is 18.7. The number of Topliss-reactive ketones (excluding diaryl/α,β-unsaturated/α-hetero) is 1. The Bertz CT molecular complexity index is 842. The van der Waals surface area contributed by atoms with E-state index in [0.717, 1.165) is 5.69 Å². The smallest absolute Gasteiger partial charge is 0.359 e. The lowest BCUT2D eigenvalue weighted by molar-refractivity contribution is -0.127. The van der Waals surface area contributed by atoms with E-state index in [1.165, 1.54) is 4.90 Å². The Labute approximate surface area is 151 Å². The normalized spacial score (nSPS) is 13.2. The molecule has 0 aliphatic carbocycles. The van der Waals surface area contributed by atoms with Crippen LogP contribution >= 0.6 is 0 Å². The Morgan fingerprint density at radius 3 is 2.54 bits per heavy atom. The fraction of sp³-hybridized carbons (Fsp3) is 0.368. The molecule has 26 heavy (non-hydrogen) atoms. The molecule has 2 aromatic rings. The summed E-state index contributed by atoms with van der Waals surface area (Å²) in [5, 5.41) is 4.34. The van der Waals surface area contributed by atoms with Gasteiger partial charge in [-0.2, -0.15) is 5.10 Å². The first-order valence-electron chi connectivity index (χ1n) is 8.71. The van der Waals surface area contributed by atoms with Crippen molar-refractivity contribution < 1.29 is 19.1 Å². The molecule has 0 spiro atoms. The van der Waals surface area contributed by atoms with E-state index in [9.17, 15) is 14.4 Å². The molecular weight excluding hydrogens is 334 g/mol. The minimum atomic E-state index is -0.569. The van der Waals surface area contributed by atoms with Gasteiger partial charge in [-0.1, -0.05) is 30.3 Å². The molecule has 136 valence electrons. The van der Waals surface area contributed by atoms with Crippen LogP contribution in [0.3, 0.4) is 0 Å². The van der Waals surface area contributed by atoms with Gasteiger partial charge in [0.1, 0.15) is 0 Å². The molecule has 0 fully saturated rings. The van der Waals surface area contributed by atoms with Crippen LogP contribution in [0, 0.1) is 0 Å². The van der Waals surface area contributed by atoms with E-state index in [-0.39, 0.29) is 18.8 Å². The maximum atomic E-state index is 12.6. The summed E-state index contributed by atoms with van der Waals surface area (Å²) in [6.45, 7) is 5.15. The monoisotopic (exact) mass is 355 g/mol. The van der Waals surface area contributed by atoms with Gasteiger partial charge >= 0.3 is 5.97 Å². The number of hydrogen-bond donors (Lipinski definition) is 0. The van der Waals surface area contributed by atoms with E-state index in [1.807, 2.05) is 6.92 Å². The van der Waals surface area contributed by atoms with Crippen molar-refractivity contribution in [1.29, 1.82) is 0 Å². The minimum Gasteiger partial charge on any atom is -0.461 e. The molecule has 7 heteroatoms. The van der Waals surface area contributed by atoms with Gasteiger partial charge in [-0.3, -0.25) is 14.3 Å². The number of benzene rings is 1. The zero-order valence-corrected chi connectivity index (χ0v) is 14.9. The Hall–Kier alpha value is -2.96. The highest BCUT2D eigenvalue weighted by Crippen LogP contribution is 2.24. The van der Waals surface area contributed by atoms with Gasteiger partial charge in [0.15, 0.2) is 5.69 Å². The van der Waals surface area contributed by atoms with Gasteiger partial charge in [-0.25, -0.2) is 4.79 Å². The first-order chi connectivity index (χ1) is 12.6. The molecule has 1 aliphatic rings. The van der Waals surface area contributed by atoms with Gasteiger partial charge in [0.2, 0.25) is 5.78 Å². The highest BCUT2D eigenvalue weighted by molar-refractivity contribution is 6.42. The molecule has 0 atom stereocenters. The highest BCUT2D eigenvalue weighted by atomic mass is 16.5. The fourth-order valence-corrected chi connectivity index (χ4v) is 3.15. The topological polar surface area (TPSA) is 81.5 Å². The van der Waals surface area contributed by atoms with E-state index < -0.39 is 17.7 Å². The molecule has 1 amide bonds. The molecule has 0 saturated heterocycles. The van der Waals surface area contributed by atoms with E-state index in [0.29, 0.717) is 30.6 Å². The summed E-state index contributed by atoms with van der Waals surface area (Å²) < 4.78 is 6.85. The van der Waals surface area contributed by atoms with Crippen molar-refractivity contribution in [2.24, 2.45) is 0 Å². The van der Waals surface area contributed by atoms with Crippen molar-refractivity contribution in [2.75, 3.05) is 13.2 Å². The number of carbonyl (C=O) groups is 3. The first kappa shape index (κ1) is 17.8. The number of amides is 1. The summed E-state index contributed by atoms with van der Waals surface area (Å²) in [6, 6.07) is 8.47. The van der Waals surface area contributed by atoms with E-state index in [1.54, 1.807) is 41.9 Å². The van der Waals surface area contributed by atoms with Gasteiger partial charge in [-0.15, -0.1) is 0 Å². The van der Waals surface area contributed by atoms with Crippen molar-refractivity contribution >= 4 is 17.7 Å². The van der Waals surface area contributed by atoms with E-state index in [4.69, 9.17) is 4.74 Å². The van der Waals surface area contributed by atoms with Crippen molar-refractivity contribution in [3.63, 3.8) is 0 Å². The first-order valence-corrected chi connectivity index (χ1v) is 8.71. The zero-order valence-electron chi connectivity index (χ0n) is 14.9. The van der Waals surface area contributed by atoms with Crippen LogP contribution in [0.5, 0.6) is 0 Å². The quantitative estimate of drug-likeness (QED) is 0.464. The van der Waals surface area contributed by atoms with Crippen LogP contribution in [0.4, 0.5) is 0 Å².